The summed E-state index contributed by atoms with van der Waals surface area (Å²) in [5.41, 5.74) is 2.50. The molecule has 7 nitrogen and oxygen atoms in total. The van der Waals surface area contributed by atoms with E-state index in [1.54, 1.807) is 18.0 Å². The molecule has 1 amide bonds. The third-order valence-corrected chi connectivity index (χ3v) is 6.65. The largest absolute Gasteiger partial charge is 0.370 e. The number of hydrogen-bond donors (Lipinski definition) is 2. The van der Waals surface area contributed by atoms with Crippen molar-refractivity contribution in [2.75, 3.05) is 33.2 Å². The van der Waals surface area contributed by atoms with Gasteiger partial charge in [0, 0.05) is 49.3 Å². The molecule has 1 fully saturated rings. The van der Waals surface area contributed by atoms with Gasteiger partial charge in [-0.05, 0) is 44.4 Å². The molecule has 0 radical (unpaired) electrons. The predicted octanol–water partition coefficient (Wildman–Crippen LogP) is 2.07. The van der Waals surface area contributed by atoms with Crippen LogP contribution in [-0.2, 0) is 4.79 Å². The fourth-order valence-corrected chi connectivity index (χ4v) is 4.41. The molecule has 0 saturated carbocycles. The zero-order chi connectivity index (χ0) is 24.0. The van der Waals surface area contributed by atoms with Crippen LogP contribution in [0.4, 0.5) is 0 Å². The summed E-state index contributed by atoms with van der Waals surface area (Å²) in [6, 6.07) is 8.17. The Labute approximate surface area is 203 Å². The maximum Gasteiger partial charge on any atom is 0.219 e. The summed E-state index contributed by atoms with van der Waals surface area (Å²) in [4.78, 5) is 20.6. The normalized spacial score (nSPS) is 18.7. The van der Waals surface area contributed by atoms with Gasteiger partial charge in [-0.1, -0.05) is 42.5 Å². The summed E-state index contributed by atoms with van der Waals surface area (Å²) in [5.74, 6) is 7.97. The van der Waals surface area contributed by atoms with E-state index in [0.717, 1.165) is 68.0 Å². The minimum absolute atomic E-state index is 0.173. The maximum atomic E-state index is 11.5. The van der Waals surface area contributed by atoms with Gasteiger partial charge in [-0.25, -0.2) is 15.8 Å². The number of nitrogens with two attached hydrogens (primary N) is 1. The molecule has 33 heavy (non-hydrogen) atoms. The summed E-state index contributed by atoms with van der Waals surface area (Å²) >= 11 is 6.43. The highest BCUT2D eigenvalue weighted by Gasteiger charge is 2.24. The van der Waals surface area contributed by atoms with E-state index in [1.165, 1.54) is 0 Å². The van der Waals surface area contributed by atoms with Crippen molar-refractivity contribution in [2.45, 2.75) is 32.2 Å². The van der Waals surface area contributed by atoms with E-state index in [9.17, 15) is 4.79 Å². The number of rotatable bonds is 8. The summed E-state index contributed by atoms with van der Waals surface area (Å²) in [6.07, 6.45) is 6.70. The van der Waals surface area contributed by atoms with Crippen molar-refractivity contribution >= 4 is 31.1 Å². The van der Waals surface area contributed by atoms with Crippen LogP contribution in [0.5, 0.6) is 0 Å². The summed E-state index contributed by atoms with van der Waals surface area (Å²) in [6.45, 7) is 8.94. The van der Waals surface area contributed by atoms with Gasteiger partial charge in [0.25, 0.3) is 0 Å². The molecule has 0 aromatic heterocycles. The summed E-state index contributed by atoms with van der Waals surface area (Å²) in [5, 5.41) is 5.68. The van der Waals surface area contributed by atoms with Crippen molar-refractivity contribution in [3.8, 4) is 0 Å². The summed E-state index contributed by atoms with van der Waals surface area (Å²) in [7, 11) is 4.10. The first kappa shape index (κ1) is 25.1. The zero-order valence-electron chi connectivity index (χ0n) is 19.9. The number of nitrogens with zero attached hydrogens (tertiary/aromatic N) is 4. The number of hydrazine groups is 1. The number of amides is 1. The number of halogens is 1. The number of carbonyl (C=O) groups excluding carboxylic acids is 1. The standard InChI is InChI=1S/C24H34BClN6O/c1-4-20(25)24-29-22(19-8-5-6-9-21(19)26)16-23(32(24)27)28-12-7-13-30(3)18-10-14-31(15-11-18)17(2)33/h4-6,8-9,16,18,28H,1,7,10-15,25,27H2,2-3H3/b24-20+. The first-order valence-corrected chi connectivity index (χ1v) is 11.8. The van der Waals surface area contributed by atoms with Gasteiger partial charge in [0.05, 0.1) is 5.71 Å². The number of piperidine rings is 1. The maximum absolute atomic E-state index is 11.5. The van der Waals surface area contributed by atoms with Crippen molar-refractivity contribution in [3.63, 3.8) is 0 Å². The topological polar surface area (TPSA) is 77.2 Å². The molecule has 3 rings (SSSR count). The Kier molecular flexibility index (Phi) is 8.77. The molecule has 0 aliphatic carbocycles. The van der Waals surface area contributed by atoms with Crippen LogP contribution < -0.4 is 11.2 Å². The monoisotopic (exact) mass is 468 g/mol. The van der Waals surface area contributed by atoms with Crippen LogP contribution in [0.3, 0.4) is 0 Å². The summed E-state index contributed by atoms with van der Waals surface area (Å²) < 4.78 is 0. The Hall–Kier alpha value is -2.55. The number of aliphatic imine (C=N–C) groups is 1. The van der Waals surface area contributed by atoms with Gasteiger partial charge >= 0.3 is 0 Å². The molecule has 0 bridgehead atoms. The molecule has 0 unspecified atom stereocenters. The molecule has 1 aromatic rings. The van der Waals surface area contributed by atoms with Crippen molar-refractivity contribution in [1.82, 2.24) is 20.1 Å². The van der Waals surface area contributed by atoms with E-state index in [4.69, 9.17) is 22.4 Å². The lowest BCUT2D eigenvalue weighted by atomic mass is 9.95. The molecule has 2 heterocycles. The van der Waals surface area contributed by atoms with Gasteiger partial charge < -0.3 is 15.1 Å². The van der Waals surface area contributed by atoms with Crippen LogP contribution in [0.15, 0.2) is 65.1 Å². The first-order valence-electron chi connectivity index (χ1n) is 11.4. The fourth-order valence-electron chi connectivity index (χ4n) is 4.17. The second-order valence-electron chi connectivity index (χ2n) is 8.59. The number of hydrogen-bond acceptors (Lipinski definition) is 6. The second-order valence-corrected chi connectivity index (χ2v) is 8.99. The van der Waals surface area contributed by atoms with Crippen LogP contribution >= 0.6 is 11.6 Å². The SMILES string of the molecule is B/C(C=C)=C1\N=C(c2ccccc2Cl)C=C(NCCCN(C)C2CCN(C(C)=O)CC2)N1N. The molecule has 1 saturated heterocycles. The van der Waals surface area contributed by atoms with E-state index in [1.807, 2.05) is 43.1 Å². The van der Waals surface area contributed by atoms with E-state index < -0.39 is 0 Å². The molecular weight excluding hydrogens is 435 g/mol. The number of allylic oxidation sites excluding steroid dienone is 3. The number of benzene rings is 1. The molecule has 176 valence electrons. The van der Waals surface area contributed by atoms with Crippen LogP contribution in [0.1, 0.15) is 31.7 Å². The lowest BCUT2D eigenvalue weighted by Crippen LogP contribution is -2.45. The molecule has 0 spiro atoms. The minimum atomic E-state index is 0.173. The van der Waals surface area contributed by atoms with Gasteiger partial charge in [-0.3, -0.25) is 4.79 Å². The molecule has 3 N–H and O–H groups in total. The third kappa shape index (κ3) is 6.28. The lowest BCUT2D eigenvalue weighted by molar-refractivity contribution is -0.130. The second kappa shape index (κ2) is 11.5. The van der Waals surface area contributed by atoms with Crippen LogP contribution in [0.2, 0.25) is 5.02 Å². The van der Waals surface area contributed by atoms with Gasteiger partial charge in [0.15, 0.2) is 0 Å². The third-order valence-electron chi connectivity index (χ3n) is 6.32. The van der Waals surface area contributed by atoms with E-state index in [-0.39, 0.29) is 5.91 Å². The van der Waals surface area contributed by atoms with Gasteiger partial charge in [0.2, 0.25) is 5.91 Å². The average Bonchev–Trinajstić information content (AvgIpc) is 2.82. The number of nitrogens with one attached hydrogen (secondary N) is 1. The Balaban J connectivity index is 1.61. The molecule has 9 heteroatoms. The Morgan fingerprint density at radius 1 is 1.39 bits per heavy atom. The van der Waals surface area contributed by atoms with E-state index in [0.29, 0.717) is 16.9 Å². The Bertz CT molecular complexity index is 967. The van der Waals surface area contributed by atoms with Crippen molar-refractivity contribution in [2.24, 2.45) is 10.8 Å². The minimum Gasteiger partial charge on any atom is -0.370 e. The van der Waals surface area contributed by atoms with E-state index >= 15 is 0 Å². The smallest absolute Gasteiger partial charge is 0.219 e. The predicted molar refractivity (Wildman–Crippen MR) is 138 cm³/mol. The molecule has 0 atom stereocenters. The molecule has 1 aromatic carbocycles. The molecular formula is C24H34BClN6O. The molecule has 2 aliphatic rings. The first-order chi connectivity index (χ1) is 15.8. The highest BCUT2D eigenvalue weighted by Crippen LogP contribution is 2.24. The highest BCUT2D eigenvalue weighted by atomic mass is 35.5. The van der Waals surface area contributed by atoms with E-state index in [2.05, 4.69) is 23.8 Å². The average molecular weight is 469 g/mol. The lowest BCUT2D eigenvalue weighted by Gasteiger charge is -2.36. The fraction of sp³-hybridized carbons (Fsp3) is 0.417. The van der Waals surface area contributed by atoms with Gasteiger partial charge in [0.1, 0.15) is 19.5 Å². The van der Waals surface area contributed by atoms with Crippen molar-refractivity contribution in [3.05, 3.63) is 70.7 Å². The van der Waals surface area contributed by atoms with Crippen LogP contribution in [0, 0.1) is 0 Å². The Morgan fingerprint density at radius 2 is 2.09 bits per heavy atom. The van der Waals surface area contributed by atoms with Crippen molar-refractivity contribution < 1.29 is 4.79 Å². The number of likely N-dealkylation sites (tertiary alicyclic amines) is 1. The van der Waals surface area contributed by atoms with Crippen LogP contribution in [0.25, 0.3) is 0 Å². The quantitative estimate of drug-likeness (QED) is 0.347. The Morgan fingerprint density at radius 3 is 2.73 bits per heavy atom. The van der Waals surface area contributed by atoms with Crippen LogP contribution in [-0.4, -0.2) is 73.5 Å². The van der Waals surface area contributed by atoms with Gasteiger partial charge in [-0.2, -0.15) is 0 Å². The zero-order valence-corrected chi connectivity index (χ0v) is 20.6. The number of carbonyl (C=O) groups is 1. The highest BCUT2D eigenvalue weighted by molar-refractivity contribution is 6.35. The van der Waals surface area contributed by atoms with Crippen molar-refractivity contribution in [1.29, 1.82) is 0 Å². The van der Waals surface area contributed by atoms with Gasteiger partial charge in [-0.15, -0.1) is 0 Å². The molecule has 2 aliphatic heterocycles.